The molecule has 1 aromatic heterocycles. The quantitative estimate of drug-likeness (QED) is 0.581. The van der Waals surface area contributed by atoms with E-state index in [1.807, 2.05) is 30.3 Å². The third kappa shape index (κ3) is 3.00. The molecule has 0 saturated heterocycles. The summed E-state index contributed by atoms with van der Waals surface area (Å²) in [6.45, 7) is 0.905. The highest BCUT2D eigenvalue weighted by molar-refractivity contribution is 14.1. The van der Waals surface area contributed by atoms with Gasteiger partial charge < -0.3 is 4.57 Å². The summed E-state index contributed by atoms with van der Waals surface area (Å²) in [4.78, 5) is 0. The predicted octanol–water partition coefficient (Wildman–Crippen LogP) is 3.67. The van der Waals surface area contributed by atoms with Crippen molar-refractivity contribution in [2.24, 2.45) is 0 Å². The summed E-state index contributed by atoms with van der Waals surface area (Å²) < 4.78 is 3.23. The van der Waals surface area contributed by atoms with Gasteiger partial charge in [0.15, 0.2) is 5.82 Å². The van der Waals surface area contributed by atoms with E-state index in [0.717, 1.165) is 40.8 Å². The Labute approximate surface area is 137 Å². The Balaban J connectivity index is 2.04. The molecule has 0 amide bonds. The summed E-state index contributed by atoms with van der Waals surface area (Å²) >= 11 is 2.28. The van der Waals surface area contributed by atoms with Crippen LogP contribution in [0.2, 0.25) is 0 Å². The fraction of sp³-hybridized carbons (Fsp3) is 0.312. The van der Waals surface area contributed by atoms with E-state index in [0.29, 0.717) is 11.4 Å². The normalized spacial score (nSPS) is 15.1. The number of aryl methyl sites for hydroxylation is 1. The third-order valence-corrected chi connectivity index (χ3v) is 4.66. The van der Waals surface area contributed by atoms with Gasteiger partial charge in [-0.1, -0.05) is 24.6 Å². The molecule has 4 nitrogen and oxygen atoms in total. The lowest BCUT2D eigenvalue weighted by molar-refractivity contribution is 0.627. The van der Waals surface area contributed by atoms with Crippen LogP contribution in [-0.4, -0.2) is 14.8 Å². The summed E-state index contributed by atoms with van der Waals surface area (Å²) in [6.07, 6.45) is 6.35. The molecule has 0 bridgehead atoms. The van der Waals surface area contributed by atoms with E-state index in [-0.39, 0.29) is 0 Å². The predicted molar refractivity (Wildman–Crippen MR) is 90.2 cm³/mol. The van der Waals surface area contributed by atoms with Gasteiger partial charge in [-0.2, -0.15) is 5.26 Å². The van der Waals surface area contributed by atoms with Gasteiger partial charge in [0, 0.05) is 16.5 Å². The highest BCUT2D eigenvalue weighted by Gasteiger charge is 2.17. The van der Waals surface area contributed by atoms with Gasteiger partial charge in [-0.3, -0.25) is 0 Å². The summed E-state index contributed by atoms with van der Waals surface area (Å²) in [5, 5.41) is 18.0. The fourth-order valence-electron chi connectivity index (χ4n) is 2.58. The van der Waals surface area contributed by atoms with E-state index in [4.69, 9.17) is 0 Å². The zero-order valence-corrected chi connectivity index (χ0v) is 13.7. The van der Waals surface area contributed by atoms with Gasteiger partial charge in [0.05, 0.1) is 5.57 Å². The van der Waals surface area contributed by atoms with E-state index < -0.39 is 0 Å². The number of allylic oxidation sites excluding steroid dienone is 1. The Bertz CT molecular complexity index is 724. The molecule has 1 aliphatic heterocycles. The van der Waals surface area contributed by atoms with Crippen molar-refractivity contribution in [1.82, 2.24) is 14.8 Å². The van der Waals surface area contributed by atoms with Crippen LogP contribution in [0.25, 0.3) is 11.6 Å². The average Bonchev–Trinajstić information content (AvgIpc) is 2.75. The van der Waals surface area contributed by atoms with E-state index in [1.165, 1.54) is 6.42 Å². The average molecular weight is 390 g/mol. The van der Waals surface area contributed by atoms with Crippen LogP contribution in [-0.2, 0) is 13.0 Å². The van der Waals surface area contributed by atoms with Crippen LogP contribution in [0.15, 0.2) is 24.3 Å². The van der Waals surface area contributed by atoms with Gasteiger partial charge in [0.2, 0.25) is 0 Å². The first-order valence-electron chi connectivity index (χ1n) is 7.08. The number of hydrogen-bond donors (Lipinski definition) is 0. The zero-order chi connectivity index (χ0) is 14.7. The van der Waals surface area contributed by atoms with Crippen LogP contribution >= 0.6 is 22.6 Å². The van der Waals surface area contributed by atoms with Crippen LogP contribution in [0.4, 0.5) is 0 Å². The van der Waals surface area contributed by atoms with Crippen molar-refractivity contribution in [2.75, 3.05) is 0 Å². The largest absolute Gasteiger partial charge is 0.310 e. The van der Waals surface area contributed by atoms with Crippen LogP contribution in [0, 0.1) is 14.9 Å². The standard InChI is InChI=1S/C16H15IN4/c17-14-7-4-3-6-12(14)10-13(11-18)16-20-19-15-8-2-1-5-9-21(15)16/h3-4,6-7,10H,1-2,5,8-9H2/b13-10+. The summed E-state index contributed by atoms with van der Waals surface area (Å²) in [6, 6.07) is 10.3. The molecule has 0 aliphatic carbocycles. The van der Waals surface area contributed by atoms with Crippen molar-refractivity contribution in [3.8, 4) is 6.07 Å². The van der Waals surface area contributed by atoms with Crippen molar-refractivity contribution in [3.63, 3.8) is 0 Å². The highest BCUT2D eigenvalue weighted by Crippen LogP contribution is 2.23. The fourth-order valence-corrected chi connectivity index (χ4v) is 3.12. The second kappa shape index (κ2) is 6.39. The molecule has 2 aromatic rings. The number of halogens is 1. The molecule has 1 aromatic carbocycles. The van der Waals surface area contributed by atoms with Crippen molar-refractivity contribution < 1.29 is 0 Å². The Morgan fingerprint density at radius 3 is 2.90 bits per heavy atom. The maximum atomic E-state index is 9.52. The Hall–Kier alpha value is -1.68. The lowest BCUT2D eigenvalue weighted by Gasteiger charge is -2.06. The molecule has 0 spiro atoms. The van der Waals surface area contributed by atoms with Gasteiger partial charge in [-0.05, 0) is 53.1 Å². The van der Waals surface area contributed by atoms with Crippen molar-refractivity contribution in [2.45, 2.75) is 32.2 Å². The number of aromatic nitrogens is 3. The zero-order valence-electron chi connectivity index (χ0n) is 11.6. The van der Waals surface area contributed by atoms with Gasteiger partial charge in [0.1, 0.15) is 11.9 Å². The van der Waals surface area contributed by atoms with E-state index >= 15 is 0 Å². The lowest BCUT2D eigenvalue weighted by Crippen LogP contribution is -2.05. The molecule has 0 atom stereocenters. The Kier molecular flexibility index (Phi) is 4.34. The van der Waals surface area contributed by atoms with Crippen LogP contribution in [0.5, 0.6) is 0 Å². The molecule has 5 heteroatoms. The first kappa shape index (κ1) is 14.3. The monoisotopic (exact) mass is 390 g/mol. The number of hydrogen-bond acceptors (Lipinski definition) is 3. The molecule has 2 heterocycles. The molecular weight excluding hydrogens is 375 g/mol. The summed E-state index contributed by atoms with van der Waals surface area (Å²) in [5.41, 5.74) is 1.63. The minimum absolute atomic E-state index is 0.583. The minimum atomic E-state index is 0.583. The number of nitriles is 1. The van der Waals surface area contributed by atoms with Gasteiger partial charge in [-0.15, -0.1) is 10.2 Å². The van der Waals surface area contributed by atoms with E-state index in [9.17, 15) is 5.26 Å². The molecular formula is C16H15IN4. The van der Waals surface area contributed by atoms with Gasteiger partial charge >= 0.3 is 0 Å². The maximum Gasteiger partial charge on any atom is 0.174 e. The SMILES string of the molecule is N#C/C(=C\c1ccccc1I)c1nnc2n1CCCCC2. The molecule has 0 radical (unpaired) electrons. The third-order valence-electron chi connectivity index (χ3n) is 3.68. The summed E-state index contributed by atoms with van der Waals surface area (Å²) in [5.74, 6) is 1.71. The molecule has 0 fully saturated rings. The summed E-state index contributed by atoms with van der Waals surface area (Å²) in [7, 11) is 0. The van der Waals surface area contributed by atoms with Crippen molar-refractivity contribution >= 4 is 34.2 Å². The van der Waals surface area contributed by atoms with Crippen LogP contribution in [0.3, 0.4) is 0 Å². The van der Waals surface area contributed by atoms with Crippen molar-refractivity contribution in [1.29, 1.82) is 5.26 Å². The molecule has 3 rings (SSSR count). The number of nitrogens with zero attached hydrogens (tertiary/aromatic N) is 4. The number of benzene rings is 1. The second-order valence-corrected chi connectivity index (χ2v) is 6.26. The lowest BCUT2D eigenvalue weighted by atomic mass is 10.1. The highest BCUT2D eigenvalue weighted by atomic mass is 127. The van der Waals surface area contributed by atoms with Gasteiger partial charge in [-0.25, -0.2) is 0 Å². The molecule has 106 valence electrons. The maximum absolute atomic E-state index is 9.52. The van der Waals surface area contributed by atoms with Crippen molar-refractivity contribution in [3.05, 3.63) is 45.0 Å². The minimum Gasteiger partial charge on any atom is -0.310 e. The molecule has 21 heavy (non-hydrogen) atoms. The Morgan fingerprint density at radius 1 is 1.24 bits per heavy atom. The molecule has 0 N–H and O–H groups in total. The Morgan fingerprint density at radius 2 is 2.10 bits per heavy atom. The molecule has 1 aliphatic rings. The van der Waals surface area contributed by atoms with E-state index in [1.54, 1.807) is 0 Å². The first-order chi connectivity index (χ1) is 10.3. The van der Waals surface area contributed by atoms with Crippen LogP contribution < -0.4 is 0 Å². The van der Waals surface area contributed by atoms with Gasteiger partial charge in [0.25, 0.3) is 0 Å². The molecule has 0 unspecified atom stereocenters. The first-order valence-corrected chi connectivity index (χ1v) is 8.16. The van der Waals surface area contributed by atoms with Crippen LogP contribution in [0.1, 0.15) is 36.5 Å². The molecule has 0 saturated carbocycles. The smallest absolute Gasteiger partial charge is 0.174 e. The number of rotatable bonds is 2. The number of fused-ring (bicyclic) bond motifs is 1. The second-order valence-electron chi connectivity index (χ2n) is 5.09. The topological polar surface area (TPSA) is 54.5 Å². The van der Waals surface area contributed by atoms with E-state index in [2.05, 4.69) is 43.4 Å².